The third-order valence-corrected chi connectivity index (χ3v) is 4.34. The summed E-state index contributed by atoms with van der Waals surface area (Å²) in [4.78, 5) is -0.0186. The summed E-state index contributed by atoms with van der Waals surface area (Å²) in [6, 6.07) is 8.24. The zero-order valence-corrected chi connectivity index (χ0v) is 11.8. The van der Waals surface area contributed by atoms with Crippen LogP contribution in [0.2, 0.25) is 0 Å². The molecule has 0 aliphatic rings. The number of nitrogens with one attached hydrogen (secondary N) is 1. The number of aryl methyl sites for hydroxylation is 1. The smallest absolute Gasteiger partial charge is 0.265 e. The highest BCUT2D eigenvalue weighted by atomic mass is 32.2. The Hall–Kier alpha value is -2.48. The zero-order valence-electron chi connectivity index (χ0n) is 11.0. The second-order valence-electron chi connectivity index (χ2n) is 4.43. The number of pyridine rings is 1. The van der Waals surface area contributed by atoms with Gasteiger partial charge in [-0.25, -0.2) is 12.8 Å². The fraction of sp³-hybridized carbons (Fsp3) is 0.0769. The average molecular weight is 306 g/mol. The summed E-state index contributed by atoms with van der Waals surface area (Å²) in [5, 5.41) is 7.72. The lowest BCUT2D eigenvalue weighted by Gasteiger charge is -2.08. The normalized spacial score (nSPS) is 11.7. The Bertz CT molecular complexity index is 921. The zero-order chi connectivity index (χ0) is 15.0. The van der Waals surface area contributed by atoms with Gasteiger partial charge in [-0.3, -0.25) is 9.12 Å². The van der Waals surface area contributed by atoms with E-state index in [2.05, 4.69) is 14.9 Å². The van der Waals surface area contributed by atoms with Crippen molar-refractivity contribution in [2.45, 2.75) is 11.8 Å². The summed E-state index contributed by atoms with van der Waals surface area (Å²) >= 11 is 0. The molecule has 21 heavy (non-hydrogen) atoms. The van der Waals surface area contributed by atoms with Crippen molar-refractivity contribution in [3.8, 4) is 0 Å². The molecule has 6 nitrogen and oxygen atoms in total. The lowest BCUT2D eigenvalue weighted by molar-refractivity contribution is 0.601. The van der Waals surface area contributed by atoms with Crippen LogP contribution in [-0.4, -0.2) is 23.0 Å². The monoisotopic (exact) mass is 306 g/mol. The average Bonchev–Trinajstić information content (AvgIpc) is 2.80. The molecule has 108 valence electrons. The number of rotatable bonds is 3. The van der Waals surface area contributed by atoms with Crippen LogP contribution in [-0.2, 0) is 10.0 Å². The van der Waals surface area contributed by atoms with Crippen LogP contribution >= 0.6 is 0 Å². The van der Waals surface area contributed by atoms with Crippen LogP contribution < -0.4 is 4.72 Å². The third-order valence-electron chi connectivity index (χ3n) is 2.94. The van der Waals surface area contributed by atoms with Crippen LogP contribution in [0.15, 0.2) is 47.5 Å². The van der Waals surface area contributed by atoms with Gasteiger partial charge in [0.2, 0.25) is 0 Å². The summed E-state index contributed by atoms with van der Waals surface area (Å²) in [5.74, 6) is 0.0551. The van der Waals surface area contributed by atoms with Crippen molar-refractivity contribution in [1.82, 2.24) is 14.6 Å². The third kappa shape index (κ3) is 2.45. The van der Waals surface area contributed by atoms with Crippen molar-refractivity contribution in [1.29, 1.82) is 0 Å². The number of nitrogens with zero attached hydrogens (tertiary/aromatic N) is 3. The number of hydrogen-bond donors (Lipinski definition) is 1. The molecule has 1 N–H and O–H groups in total. The number of anilines is 1. The van der Waals surface area contributed by atoms with E-state index in [1.54, 1.807) is 23.6 Å². The van der Waals surface area contributed by atoms with Gasteiger partial charge in [0.1, 0.15) is 16.5 Å². The Labute approximate surface area is 120 Å². The van der Waals surface area contributed by atoms with Gasteiger partial charge in [-0.2, -0.15) is 0 Å². The number of aromatic nitrogens is 3. The molecule has 8 heteroatoms. The van der Waals surface area contributed by atoms with Crippen molar-refractivity contribution < 1.29 is 12.8 Å². The fourth-order valence-electron chi connectivity index (χ4n) is 1.98. The first-order valence-corrected chi connectivity index (χ1v) is 7.54. The molecule has 0 saturated carbocycles. The molecular formula is C13H11FN4O2S. The predicted octanol–water partition coefficient (Wildman–Crippen LogP) is 1.98. The molecule has 0 bridgehead atoms. The maximum atomic E-state index is 13.1. The SMILES string of the molecule is Cc1nnc2c(S(=O)(=O)Nc3cccc(F)c3)cccn12. The molecule has 0 amide bonds. The summed E-state index contributed by atoms with van der Waals surface area (Å²) in [6.45, 7) is 1.72. The van der Waals surface area contributed by atoms with E-state index in [4.69, 9.17) is 0 Å². The van der Waals surface area contributed by atoms with E-state index in [0.29, 0.717) is 5.82 Å². The highest BCUT2D eigenvalue weighted by molar-refractivity contribution is 7.93. The van der Waals surface area contributed by atoms with E-state index in [9.17, 15) is 12.8 Å². The van der Waals surface area contributed by atoms with Crippen LogP contribution in [0.4, 0.5) is 10.1 Å². The van der Waals surface area contributed by atoms with Crippen LogP contribution in [0.25, 0.3) is 5.65 Å². The maximum absolute atomic E-state index is 13.1. The molecule has 0 radical (unpaired) electrons. The van der Waals surface area contributed by atoms with Gasteiger partial charge in [0.05, 0.1) is 5.69 Å². The largest absolute Gasteiger partial charge is 0.286 e. The van der Waals surface area contributed by atoms with Gasteiger partial charge < -0.3 is 0 Å². The molecule has 0 atom stereocenters. The second-order valence-corrected chi connectivity index (χ2v) is 6.08. The topological polar surface area (TPSA) is 76.4 Å². The molecule has 2 aromatic heterocycles. The Morgan fingerprint density at radius 2 is 2.00 bits per heavy atom. The van der Waals surface area contributed by atoms with Crippen LogP contribution in [0.5, 0.6) is 0 Å². The van der Waals surface area contributed by atoms with Crippen LogP contribution in [0.1, 0.15) is 5.82 Å². The first-order valence-electron chi connectivity index (χ1n) is 6.06. The lowest BCUT2D eigenvalue weighted by Crippen LogP contribution is -2.14. The summed E-state index contributed by atoms with van der Waals surface area (Å²) < 4.78 is 41.9. The number of sulfonamides is 1. The Kier molecular flexibility index (Phi) is 3.09. The molecule has 3 aromatic rings. The minimum absolute atomic E-state index is 0.0186. The Morgan fingerprint density at radius 3 is 2.76 bits per heavy atom. The van der Waals surface area contributed by atoms with Crippen LogP contribution in [0.3, 0.4) is 0 Å². The predicted molar refractivity (Wildman–Crippen MR) is 74.9 cm³/mol. The maximum Gasteiger partial charge on any atom is 0.265 e. The summed E-state index contributed by atoms with van der Waals surface area (Å²) in [6.07, 6.45) is 1.67. The molecule has 0 aliphatic carbocycles. The number of hydrogen-bond acceptors (Lipinski definition) is 4. The molecular weight excluding hydrogens is 295 g/mol. The quantitative estimate of drug-likeness (QED) is 0.802. The minimum Gasteiger partial charge on any atom is -0.286 e. The highest BCUT2D eigenvalue weighted by Gasteiger charge is 2.20. The molecule has 0 spiro atoms. The number of benzene rings is 1. The van der Waals surface area contributed by atoms with Gasteiger partial charge in [0.15, 0.2) is 5.65 Å². The molecule has 0 unspecified atom stereocenters. The highest BCUT2D eigenvalue weighted by Crippen LogP contribution is 2.20. The van der Waals surface area contributed by atoms with E-state index in [1.807, 2.05) is 0 Å². The number of fused-ring (bicyclic) bond motifs is 1. The van der Waals surface area contributed by atoms with Crippen molar-refractivity contribution in [2.75, 3.05) is 4.72 Å². The molecule has 0 aliphatic heterocycles. The van der Waals surface area contributed by atoms with Crippen molar-refractivity contribution in [3.05, 3.63) is 54.2 Å². The standard InChI is InChI=1S/C13H11FN4O2S/c1-9-15-16-13-12(6-3-7-18(9)13)21(19,20)17-11-5-2-4-10(14)8-11/h2-8,17H,1H3. The van der Waals surface area contributed by atoms with Crippen molar-refractivity contribution in [2.24, 2.45) is 0 Å². The van der Waals surface area contributed by atoms with Gasteiger partial charge in [0.25, 0.3) is 10.0 Å². The van der Waals surface area contributed by atoms with E-state index < -0.39 is 15.8 Å². The van der Waals surface area contributed by atoms with Crippen molar-refractivity contribution >= 4 is 21.4 Å². The summed E-state index contributed by atoms with van der Waals surface area (Å²) in [7, 11) is -3.88. The molecule has 2 heterocycles. The lowest BCUT2D eigenvalue weighted by atomic mass is 10.3. The first-order chi connectivity index (χ1) is 9.97. The van der Waals surface area contributed by atoms with Crippen LogP contribution in [0, 0.1) is 12.7 Å². The Balaban J connectivity index is 2.08. The van der Waals surface area contributed by atoms with E-state index in [1.165, 1.54) is 24.3 Å². The van der Waals surface area contributed by atoms with E-state index in [-0.39, 0.29) is 16.2 Å². The van der Waals surface area contributed by atoms with Gasteiger partial charge in [-0.1, -0.05) is 6.07 Å². The van der Waals surface area contributed by atoms with Crippen molar-refractivity contribution in [3.63, 3.8) is 0 Å². The van der Waals surface area contributed by atoms with Gasteiger partial charge >= 0.3 is 0 Å². The van der Waals surface area contributed by atoms with Gasteiger partial charge in [-0.05, 0) is 37.3 Å². The molecule has 1 aromatic carbocycles. The second kappa shape index (κ2) is 4.81. The van der Waals surface area contributed by atoms with E-state index >= 15 is 0 Å². The molecule has 3 rings (SSSR count). The van der Waals surface area contributed by atoms with Gasteiger partial charge in [0, 0.05) is 6.20 Å². The Morgan fingerprint density at radius 1 is 1.19 bits per heavy atom. The van der Waals surface area contributed by atoms with Gasteiger partial charge in [-0.15, -0.1) is 10.2 Å². The number of halogens is 1. The minimum atomic E-state index is -3.88. The van der Waals surface area contributed by atoms with E-state index in [0.717, 1.165) is 6.07 Å². The molecule has 0 saturated heterocycles. The summed E-state index contributed by atoms with van der Waals surface area (Å²) in [5.41, 5.74) is 0.368. The molecule has 0 fully saturated rings. The first kappa shape index (κ1) is 13.5. The fourth-order valence-corrected chi connectivity index (χ4v) is 3.16.